The third-order valence-electron chi connectivity index (χ3n) is 5.77. The normalized spacial score (nSPS) is 19.2. The second-order valence-electron chi connectivity index (χ2n) is 8.51. The van der Waals surface area contributed by atoms with Gasteiger partial charge in [0.25, 0.3) is 5.91 Å². The van der Waals surface area contributed by atoms with Gasteiger partial charge in [0.1, 0.15) is 0 Å². The molecule has 162 valence electrons. The molecule has 2 amide bonds. The average Bonchev–Trinajstić information content (AvgIpc) is 3.09. The maximum atomic E-state index is 12.9. The van der Waals surface area contributed by atoms with E-state index in [1.165, 1.54) is 5.56 Å². The van der Waals surface area contributed by atoms with Crippen LogP contribution >= 0.6 is 0 Å². The summed E-state index contributed by atoms with van der Waals surface area (Å²) < 4.78 is 1.80. The van der Waals surface area contributed by atoms with Crippen molar-refractivity contribution in [1.82, 2.24) is 10.7 Å². The summed E-state index contributed by atoms with van der Waals surface area (Å²) in [5, 5.41) is 2.94. The average molecular weight is 427 g/mol. The van der Waals surface area contributed by atoms with Gasteiger partial charge in [0.2, 0.25) is 12.3 Å². The van der Waals surface area contributed by atoms with Gasteiger partial charge in [0.05, 0.1) is 0 Å². The van der Waals surface area contributed by atoms with Crippen molar-refractivity contribution < 1.29 is 14.3 Å². The van der Waals surface area contributed by atoms with Gasteiger partial charge in [-0.3, -0.25) is 9.59 Å². The second-order valence-corrected chi connectivity index (χ2v) is 8.51. The number of hydrazone groups is 1. The molecule has 3 aromatic rings. The van der Waals surface area contributed by atoms with Crippen LogP contribution in [0.3, 0.4) is 0 Å². The molecule has 1 saturated heterocycles. The number of hydrogen-bond acceptors (Lipinski definition) is 2. The first-order chi connectivity index (χ1) is 15.4. The Morgan fingerprint density at radius 2 is 1.62 bits per heavy atom. The number of nitrogens with one attached hydrogen (secondary N) is 2. The summed E-state index contributed by atoms with van der Waals surface area (Å²) in [5.41, 5.74) is 7.77. The third-order valence-corrected chi connectivity index (χ3v) is 5.77. The number of carbonyl (C=O) groups is 2. The zero-order chi connectivity index (χ0) is 22.7. The number of rotatable bonds is 5. The van der Waals surface area contributed by atoms with Gasteiger partial charge >= 0.3 is 5.91 Å². The lowest BCUT2D eigenvalue weighted by Gasteiger charge is -2.15. The van der Waals surface area contributed by atoms with Crippen LogP contribution in [0, 0.1) is 6.92 Å². The Labute approximate surface area is 188 Å². The molecular weight excluding hydrogens is 398 g/mol. The fourth-order valence-electron chi connectivity index (χ4n) is 3.89. The third kappa shape index (κ3) is 4.62. The first-order valence-electron chi connectivity index (χ1n) is 10.9. The number of benzene rings is 3. The Morgan fingerprint density at radius 1 is 0.969 bits per heavy atom. The fourth-order valence-corrected chi connectivity index (χ4v) is 3.89. The number of carbonyl (C=O) groups excluding carboxylic acids is 2. The van der Waals surface area contributed by atoms with Crippen molar-refractivity contribution in [3.05, 3.63) is 107 Å². The largest absolute Gasteiger partial charge is 0.334 e. The molecule has 1 aliphatic heterocycles. The predicted octanol–water partition coefficient (Wildman–Crippen LogP) is 4.13. The van der Waals surface area contributed by atoms with E-state index in [2.05, 4.69) is 36.7 Å². The highest BCUT2D eigenvalue weighted by molar-refractivity contribution is 5.98. The molecule has 4 rings (SSSR count). The van der Waals surface area contributed by atoms with Crippen LogP contribution in [0.5, 0.6) is 0 Å². The Morgan fingerprint density at radius 3 is 2.25 bits per heavy atom. The van der Waals surface area contributed by atoms with Crippen LogP contribution in [0.25, 0.3) is 0 Å². The molecule has 5 nitrogen and oxygen atoms in total. The highest BCUT2D eigenvalue weighted by atomic mass is 16.2. The van der Waals surface area contributed by atoms with Gasteiger partial charge in [-0.2, -0.15) is 0 Å². The Hall–Kier alpha value is -3.73. The van der Waals surface area contributed by atoms with Crippen molar-refractivity contribution in [3.8, 4) is 0 Å². The molecule has 0 aromatic heterocycles. The summed E-state index contributed by atoms with van der Waals surface area (Å²) >= 11 is 0. The van der Waals surface area contributed by atoms with Crippen LogP contribution in [-0.4, -0.2) is 28.8 Å². The summed E-state index contributed by atoms with van der Waals surface area (Å²) in [6, 6.07) is 24.2. The van der Waals surface area contributed by atoms with Crippen molar-refractivity contribution in [1.29, 1.82) is 0 Å². The highest BCUT2D eigenvalue weighted by Crippen LogP contribution is 2.26. The number of hydrazine groups is 1. The maximum Gasteiger partial charge on any atom is 0.304 e. The standard InChI is InChI=1S/C27H27N3O2/c1-18(2)21-15-11-20(12-16-21)17-30-25(22-13-9-19(3)10-14-22)24(27(32)29-30)28-26(31)23-7-5-4-6-8-23/h4-18,24-25H,1-3H3,(H-,28,29,31,32)/p+1/b30-17-/t24-,25+/m0/s1. The van der Waals surface area contributed by atoms with Crippen molar-refractivity contribution in [2.45, 2.75) is 38.8 Å². The molecule has 0 aliphatic carbocycles. The molecule has 1 heterocycles. The van der Waals surface area contributed by atoms with Gasteiger partial charge < -0.3 is 5.32 Å². The molecule has 2 atom stereocenters. The first kappa shape index (κ1) is 21.5. The second kappa shape index (κ2) is 9.18. The quantitative estimate of drug-likeness (QED) is 0.603. The van der Waals surface area contributed by atoms with Gasteiger partial charge in [-0.05, 0) is 42.7 Å². The van der Waals surface area contributed by atoms with E-state index >= 15 is 0 Å². The van der Waals surface area contributed by atoms with Crippen molar-refractivity contribution in [3.63, 3.8) is 0 Å². The minimum absolute atomic E-state index is 0.241. The van der Waals surface area contributed by atoms with Gasteiger partial charge in [-0.1, -0.05) is 74.0 Å². The Bertz CT molecular complexity index is 1130. The summed E-state index contributed by atoms with van der Waals surface area (Å²) in [4.78, 5) is 25.8. The van der Waals surface area contributed by atoms with Crippen LogP contribution in [0.2, 0.25) is 0 Å². The maximum absolute atomic E-state index is 12.9. The number of nitrogens with zero attached hydrogens (tertiary/aromatic N) is 1. The topological polar surface area (TPSA) is 61.2 Å². The lowest BCUT2D eigenvalue weighted by molar-refractivity contribution is -0.596. The molecule has 0 spiro atoms. The molecule has 0 bridgehead atoms. The van der Waals surface area contributed by atoms with E-state index in [1.807, 2.05) is 67.7 Å². The SMILES string of the molecule is Cc1ccc([C@@H]2[C@H](NC(=O)c3ccccc3)C(=O)N/[N+]2=C\c2ccc(C(C)C)cc2)cc1. The molecule has 0 saturated carbocycles. The Kier molecular flexibility index (Phi) is 6.17. The molecule has 5 heteroatoms. The van der Waals surface area contributed by atoms with Crippen molar-refractivity contribution >= 4 is 18.0 Å². The molecule has 1 fully saturated rings. The predicted molar refractivity (Wildman–Crippen MR) is 126 cm³/mol. The van der Waals surface area contributed by atoms with Crippen LogP contribution < -0.4 is 10.7 Å². The van der Waals surface area contributed by atoms with E-state index in [0.717, 1.165) is 16.7 Å². The van der Waals surface area contributed by atoms with Crippen LogP contribution in [0.15, 0.2) is 78.9 Å². The van der Waals surface area contributed by atoms with Crippen LogP contribution in [0.4, 0.5) is 0 Å². The van der Waals surface area contributed by atoms with E-state index in [1.54, 1.807) is 16.8 Å². The van der Waals surface area contributed by atoms with Crippen LogP contribution in [0.1, 0.15) is 58.4 Å². The molecule has 1 aliphatic rings. The summed E-state index contributed by atoms with van der Waals surface area (Å²) in [6.07, 6.45) is 1.92. The summed E-state index contributed by atoms with van der Waals surface area (Å²) in [6.45, 7) is 6.34. The lowest BCUT2D eigenvalue weighted by Crippen LogP contribution is -2.42. The molecule has 0 unspecified atom stereocenters. The number of aryl methyl sites for hydroxylation is 1. The van der Waals surface area contributed by atoms with Gasteiger partial charge in [0.15, 0.2) is 6.04 Å². The fraction of sp³-hybridized carbons (Fsp3) is 0.222. The Balaban J connectivity index is 1.69. The van der Waals surface area contributed by atoms with E-state index in [4.69, 9.17) is 0 Å². The molecule has 3 aromatic carbocycles. The smallest absolute Gasteiger partial charge is 0.304 e. The van der Waals surface area contributed by atoms with E-state index in [0.29, 0.717) is 11.5 Å². The lowest BCUT2D eigenvalue weighted by atomic mass is 9.98. The molecule has 32 heavy (non-hydrogen) atoms. The monoisotopic (exact) mass is 426 g/mol. The number of amides is 2. The zero-order valence-corrected chi connectivity index (χ0v) is 18.6. The summed E-state index contributed by atoms with van der Waals surface area (Å²) in [7, 11) is 0. The van der Waals surface area contributed by atoms with E-state index in [9.17, 15) is 9.59 Å². The molecule has 0 radical (unpaired) electrons. The molecular formula is C27H28N3O2+. The summed E-state index contributed by atoms with van der Waals surface area (Å²) in [5.74, 6) is -0.0608. The van der Waals surface area contributed by atoms with E-state index in [-0.39, 0.29) is 17.9 Å². The van der Waals surface area contributed by atoms with Gasteiger partial charge in [-0.25, -0.2) is 0 Å². The highest BCUT2D eigenvalue weighted by Gasteiger charge is 2.47. The number of hydrogen-bond donors (Lipinski definition) is 2. The van der Waals surface area contributed by atoms with Gasteiger partial charge in [0, 0.05) is 16.7 Å². The van der Waals surface area contributed by atoms with Gasteiger partial charge in [-0.15, -0.1) is 10.1 Å². The van der Waals surface area contributed by atoms with Crippen LogP contribution in [-0.2, 0) is 4.79 Å². The van der Waals surface area contributed by atoms with Crippen molar-refractivity contribution in [2.75, 3.05) is 0 Å². The van der Waals surface area contributed by atoms with Crippen molar-refractivity contribution in [2.24, 2.45) is 0 Å². The van der Waals surface area contributed by atoms with E-state index < -0.39 is 6.04 Å². The molecule has 2 N–H and O–H groups in total. The minimum Gasteiger partial charge on any atom is -0.334 e. The zero-order valence-electron chi connectivity index (χ0n) is 18.6. The first-order valence-corrected chi connectivity index (χ1v) is 10.9. The minimum atomic E-state index is -0.725.